The topological polar surface area (TPSA) is 0 Å². The van der Waals surface area contributed by atoms with E-state index in [1.807, 2.05) is 0 Å². The first-order valence-electron chi connectivity index (χ1n) is 5.22. The van der Waals surface area contributed by atoms with Crippen molar-refractivity contribution < 1.29 is 17.6 Å². The highest BCUT2D eigenvalue weighted by Crippen LogP contribution is 2.36. The fraction of sp³-hybridized carbons (Fsp3) is 0.0769. The maximum Gasteiger partial charge on any atom is 0.198 e. The Morgan fingerprint density at radius 3 is 2.00 bits per heavy atom. The molecule has 0 atom stereocenters. The number of thiophene rings is 2. The van der Waals surface area contributed by atoms with Crippen LogP contribution in [0.3, 0.4) is 0 Å². The largest absolute Gasteiger partial charge is 0.202 e. The second-order valence-corrected chi connectivity index (χ2v) is 5.88. The molecule has 2 aromatic heterocycles. The second kappa shape index (κ2) is 5.71. The van der Waals surface area contributed by atoms with E-state index in [1.165, 1.54) is 23.6 Å². The Morgan fingerprint density at radius 1 is 0.895 bits per heavy atom. The maximum atomic E-state index is 13.7. The molecule has 0 N–H and O–H groups in total. The first kappa shape index (κ1) is 14.0. The van der Waals surface area contributed by atoms with Crippen molar-refractivity contribution in [2.24, 2.45) is 0 Å². The van der Waals surface area contributed by atoms with Gasteiger partial charge in [0.05, 0.1) is 9.75 Å². The van der Waals surface area contributed by atoms with Gasteiger partial charge >= 0.3 is 0 Å². The molecule has 0 nitrogen and oxygen atoms in total. The molecule has 6 heteroatoms. The van der Waals surface area contributed by atoms with Crippen LogP contribution >= 0.6 is 22.7 Å². The number of aryl methyl sites for hydroxylation is 1. The van der Waals surface area contributed by atoms with E-state index in [0.717, 1.165) is 27.6 Å². The molecule has 0 amide bonds. The highest BCUT2D eigenvalue weighted by atomic mass is 32.1. The molecule has 0 aliphatic heterocycles. The number of rotatable bonds is 3. The lowest BCUT2D eigenvalue weighted by Gasteiger charge is -1.99. The molecule has 0 saturated carbocycles. The van der Waals surface area contributed by atoms with Crippen LogP contribution in [0.2, 0.25) is 0 Å². The summed E-state index contributed by atoms with van der Waals surface area (Å²) < 4.78 is 54.4. The molecule has 2 aromatic rings. The molecule has 0 aromatic carbocycles. The number of halogens is 4. The van der Waals surface area contributed by atoms with Crippen molar-refractivity contribution in [1.82, 2.24) is 0 Å². The number of allylic oxidation sites excluding steroid dienone is 2. The van der Waals surface area contributed by atoms with Crippen LogP contribution in [-0.4, -0.2) is 0 Å². The van der Waals surface area contributed by atoms with Crippen molar-refractivity contribution in [3.8, 4) is 0 Å². The van der Waals surface area contributed by atoms with E-state index in [4.69, 9.17) is 0 Å². The molecule has 2 rings (SSSR count). The Labute approximate surface area is 115 Å². The third-order valence-electron chi connectivity index (χ3n) is 2.27. The molecule has 0 bridgehead atoms. The normalized spacial score (nSPS) is 14.2. The van der Waals surface area contributed by atoms with Crippen LogP contribution in [0.5, 0.6) is 0 Å². The van der Waals surface area contributed by atoms with Crippen molar-refractivity contribution in [3.63, 3.8) is 0 Å². The fourth-order valence-electron chi connectivity index (χ4n) is 1.36. The van der Waals surface area contributed by atoms with E-state index in [0.29, 0.717) is 0 Å². The summed E-state index contributed by atoms with van der Waals surface area (Å²) in [5.74, 6) is -6.41. The third kappa shape index (κ3) is 2.96. The molecule has 0 aliphatic carbocycles. The zero-order valence-corrected chi connectivity index (χ0v) is 11.3. The van der Waals surface area contributed by atoms with Gasteiger partial charge in [0.2, 0.25) is 0 Å². The van der Waals surface area contributed by atoms with Crippen molar-refractivity contribution in [2.75, 3.05) is 0 Å². The van der Waals surface area contributed by atoms with Gasteiger partial charge in [-0.1, -0.05) is 6.07 Å². The van der Waals surface area contributed by atoms with Crippen LogP contribution in [-0.2, 0) is 0 Å². The standard InChI is InChI=1S/C13H8F4S2/c1-7-4-5-9(19-7)11(15)13(17)12(16)10(14)8-3-2-6-18-8/h2-6H,1H3/b12-10+,13-11+. The minimum Gasteiger partial charge on any atom is -0.202 e. The molecule has 0 aliphatic rings. The molecule has 2 heterocycles. The van der Waals surface area contributed by atoms with Crippen LogP contribution in [0.15, 0.2) is 41.3 Å². The quantitative estimate of drug-likeness (QED) is 0.479. The average Bonchev–Trinajstić information content (AvgIpc) is 3.06. The predicted molar refractivity (Wildman–Crippen MR) is 71.6 cm³/mol. The summed E-state index contributed by atoms with van der Waals surface area (Å²) in [7, 11) is 0. The molecule has 0 fully saturated rings. The Balaban J connectivity index is 2.43. The molecular weight excluding hydrogens is 296 g/mol. The molecule has 0 saturated heterocycles. The Bertz CT molecular complexity index is 635. The summed E-state index contributed by atoms with van der Waals surface area (Å²) in [5, 5.41) is 1.52. The first-order valence-corrected chi connectivity index (χ1v) is 6.92. The summed E-state index contributed by atoms with van der Waals surface area (Å²) >= 11 is 1.88. The number of hydrogen-bond acceptors (Lipinski definition) is 2. The van der Waals surface area contributed by atoms with Gasteiger partial charge in [0, 0.05) is 4.88 Å². The molecule has 100 valence electrons. The fourth-order valence-corrected chi connectivity index (χ4v) is 2.82. The molecule has 19 heavy (non-hydrogen) atoms. The van der Waals surface area contributed by atoms with Crippen LogP contribution in [0.4, 0.5) is 17.6 Å². The minimum absolute atomic E-state index is 0.0656. The Morgan fingerprint density at radius 2 is 1.53 bits per heavy atom. The maximum absolute atomic E-state index is 13.7. The van der Waals surface area contributed by atoms with Crippen LogP contribution in [0.1, 0.15) is 14.6 Å². The van der Waals surface area contributed by atoms with Crippen LogP contribution in [0, 0.1) is 6.92 Å². The van der Waals surface area contributed by atoms with Gasteiger partial charge in [-0.25, -0.2) is 17.6 Å². The van der Waals surface area contributed by atoms with Crippen molar-refractivity contribution in [1.29, 1.82) is 0 Å². The lowest BCUT2D eigenvalue weighted by Crippen LogP contribution is -1.84. The van der Waals surface area contributed by atoms with Gasteiger partial charge in [0.15, 0.2) is 23.3 Å². The van der Waals surface area contributed by atoms with Gasteiger partial charge in [0.25, 0.3) is 0 Å². The highest BCUT2D eigenvalue weighted by molar-refractivity contribution is 7.13. The van der Waals surface area contributed by atoms with Crippen molar-refractivity contribution >= 4 is 34.3 Å². The van der Waals surface area contributed by atoms with Gasteiger partial charge in [0.1, 0.15) is 0 Å². The zero-order chi connectivity index (χ0) is 14.0. The smallest absolute Gasteiger partial charge is 0.198 e. The zero-order valence-electron chi connectivity index (χ0n) is 9.72. The van der Waals surface area contributed by atoms with Crippen LogP contribution < -0.4 is 0 Å². The summed E-state index contributed by atoms with van der Waals surface area (Å²) in [6.07, 6.45) is 0. The monoisotopic (exact) mass is 304 g/mol. The predicted octanol–water partition coefficient (Wildman–Crippen LogP) is 6.03. The van der Waals surface area contributed by atoms with Gasteiger partial charge in [-0.2, -0.15) is 0 Å². The lowest BCUT2D eigenvalue weighted by molar-refractivity contribution is 0.520. The van der Waals surface area contributed by atoms with Gasteiger partial charge in [-0.15, -0.1) is 22.7 Å². The van der Waals surface area contributed by atoms with Gasteiger partial charge < -0.3 is 0 Å². The van der Waals surface area contributed by atoms with E-state index < -0.39 is 23.3 Å². The SMILES string of the molecule is Cc1ccc(/C(F)=C(F)/C(F)=C(\F)c2cccs2)s1. The summed E-state index contributed by atoms with van der Waals surface area (Å²) in [6.45, 7) is 1.71. The molecular formula is C13H8F4S2. The van der Waals surface area contributed by atoms with E-state index in [1.54, 1.807) is 13.0 Å². The molecule has 0 spiro atoms. The van der Waals surface area contributed by atoms with Crippen molar-refractivity contribution in [3.05, 3.63) is 55.9 Å². The minimum atomic E-state index is -1.81. The molecule has 0 radical (unpaired) electrons. The first-order chi connectivity index (χ1) is 9.00. The van der Waals surface area contributed by atoms with Crippen LogP contribution in [0.25, 0.3) is 11.7 Å². The second-order valence-electron chi connectivity index (χ2n) is 3.64. The van der Waals surface area contributed by atoms with E-state index >= 15 is 0 Å². The van der Waals surface area contributed by atoms with E-state index in [2.05, 4.69) is 0 Å². The van der Waals surface area contributed by atoms with Gasteiger partial charge in [-0.3, -0.25) is 0 Å². The summed E-state index contributed by atoms with van der Waals surface area (Å²) in [4.78, 5) is 0.605. The summed E-state index contributed by atoms with van der Waals surface area (Å²) in [6, 6.07) is 5.68. The highest BCUT2D eigenvalue weighted by Gasteiger charge is 2.20. The number of hydrogen-bond donors (Lipinski definition) is 0. The van der Waals surface area contributed by atoms with Gasteiger partial charge in [-0.05, 0) is 30.5 Å². The Hall–Kier alpha value is -1.40. The third-order valence-corrected chi connectivity index (χ3v) is 4.13. The van der Waals surface area contributed by atoms with Crippen molar-refractivity contribution in [2.45, 2.75) is 6.92 Å². The molecule has 0 unspecified atom stereocenters. The lowest BCUT2D eigenvalue weighted by atomic mass is 10.3. The van der Waals surface area contributed by atoms with E-state index in [-0.39, 0.29) is 9.75 Å². The van der Waals surface area contributed by atoms with E-state index in [9.17, 15) is 17.6 Å². The Kier molecular flexibility index (Phi) is 4.21. The summed E-state index contributed by atoms with van der Waals surface area (Å²) in [5.41, 5.74) is 0. The average molecular weight is 304 g/mol.